The Kier molecular flexibility index (Phi) is 3410. The van der Waals surface area contributed by atoms with E-state index in [0.29, 0.717) is 0 Å². The standard InChI is InChI=1S/2CH4.9CH3.7Y/h2*1H4;9*1H3;;;;;;;/q;;9*-1;;;;;;;. The Labute approximate surface area is 302 Å². The zero-order chi connectivity index (χ0) is 0. The first-order chi connectivity index (χ1) is 0. The molecule has 0 saturated carbocycles. The van der Waals surface area contributed by atoms with Gasteiger partial charge in [0.15, 0.2) is 0 Å². The van der Waals surface area contributed by atoms with Gasteiger partial charge in [0, 0.05) is 229 Å². The van der Waals surface area contributed by atoms with Gasteiger partial charge in [-0.1, -0.05) is 14.9 Å². The molecule has 0 aromatic heterocycles. The first-order valence-electron chi connectivity index (χ1n) is 0. The monoisotopic (exact) mass is 790 g/mol. The molecule has 0 rings (SSSR count). The maximum atomic E-state index is 0. The summed E-state index contributed by atoms with van der Waals surface area (Å²) < 4.78 is 0. The van der Waals surface area contributed by atoms with Crippen molar-refractivity contribution in [3.05, 3.63) is 66.8 Å². The number of hydrogen-bond acceptors (Lipinski definition) is 0. The van der Waals surface area contributed by atoms with Crippen LogP contribution in [-0.4, -0.2) is 0 Å². The maximum Gasteiger partial charge on any atom is 0 e. The summed E-state index contributed by atoms with van der Waals surface area (Å²) in [5.41, 5.74) is 0. The summed E-state index contributed by atoms with van der Waals surface area (Å²) in [5.74, 6) is 0. The Bertz CT molecular complexity index is 17.4. The molecular formula is C11H35Y7-9. The van der Waals surface area contributed by atoms with Gasteiger partial charge in [0.1, 0.15) is 0 Å². The average molecular weight is 790 g/mol. The van der Waals surface area contributed by atoms with Crippen LogP contribution in [0.5, 0.6) is 0 Å². The van der Waals surface area contributed by atoms with Gasteiger partial charge in [-0.15, -0.1) is 0 Å². The number of rotatable bonds is 0. The minimum absolute atomic E-state index is 0. The third kappa shape index (κ3) is 205. The van der Waals surface area contributed by atoms with Gasteiger partial charge in [0.05, 0.1) is 0 Å². The van der Waals surface area contributed by atoms with Crippen molar-refractivity contribution < 1.29 is 229 Å². The van der Waals surface area contributed by atoms with Crippen LogP contribution >= 0.6 is 0 Å². The largest absolute Gasteiger partial charge is 0.358 e. The third-order valence-electron chi connectivity index (χ3n) is 0. The van der Waals surface area contributed by atoms with E-state index in [1.54, 1.807) is 0 Å². The molecule has 0 bridgehead atoms. The fourth-order valence-electron chi connectivity index (χ4n) is 0. The Hall–Kier alpha value is 7.73. The van der Waals surface area contributed by atoms with E-state index < -0.39 is 0 Å². The second kappa shape index (κ2) is 233. The van der Waals surface area contributed by atoms with Crippen LogP contribution in [0.25, 0.3) is 0 Å². The van der Waals surface area contributed by atoms with Gasteiger partial charge in [0.2, 0.25) is 0 Å². The maximum absolute atomic E-state index is 0. The zero-order valence-electron chi connectivity index (χ0n) is 13.0. The first kappa shape index (κ1) is 263. The van der Waals surface area contributed by atoms with Crippen LogP contribution in [0, 0.1) is 66.8 Å². The van der Waals surface area contributed by atoms with Crippen LogP contribution in [-0.2, 0) is 229 Å². The predicted octanol–water partition coefficient (Wildman–Crippen LogP) is 5.31. The molecule has 0 saturated heterocycles. The van der Waals surface area contributed by atoms with Gasteiger partial charge in [-0.05, 0) is 0 Å². The molecule has 0 amide bonds. The Morgan fingerprint density at radius 2 is 0.167 bits per heavy atom. The van der Waals surface area contributed by atoms with Crippen molar-refractivity contribution in [1.82, 2.24) is 0 Å². The van der Waals surface area contributed by atoms with E-state index in [1.807, 2.05) is 0 Å². The van der Waals surface area contributed by atoms with Gasteiger partial charge >= 0.3 is 0 Å². The summed E-state index contributed by atoms with van der Waals surface area (Å²) >= 11 is 0. The zero-order valence-corrected chi connectivity index (χ0v) is 32.9. The minimum atomic E-state index is 0. The molecule has 18 heavy (non-hydrogen) atoms. The van der Waals surface area contributed by atoms with Crippen LogP contribution in [0.4, 0.5) is 0 Å². The van der Waals surface area contributed by atoms with Crippen molar-refractivity contribution in [3.8, 4) is 0 Å². The average Bonchev–Trinajstić information content (AvgIpc) is 0. The molecular weight excluding hydrogens is 754 g/mol. The molecule has 0 fully saturated rings. The fraction of sp³-hybridized carbons (Fsp3) is 0.182. The fourth-order valence-corrected chi connectivity index (χ4v) is 0. The molecule has 0 N–H and O–H groups in total. The summed E-state index contributed by atoms with van der Waals surface area (Å²) in [6.45, 7) is 0. The summed E-state index contributed by atoms with van der Waals surface area (Å²) in [7, 11) is 0. The van der Waals surface area contributed by atoms with Crippen LogP contribution in [0.2, 0.25) is 0 Å². The molecule has 0 atom stereocenters. The van der Waals surface area contributed by atoms with Crippen molar-refractivity contribution in [2.75, 3.05) is 0 Å². The summed E-state index contributed by atoms with van der Waals surface area (Å²) in [5, 5.41) is 0. The molecule has 0 aliphatic heterocycles. The smallest absolute Gasteiger partial charge is 0 e. The van der Waals surface area contributed by atoms with E-state index >= 15 is 0 Å². The normalized spacial score (nSPS) is 0. The van der Waals surface area contributed by atoms with Crippen LogP contribution in [0.3, 0.4) is 0 Å². The Balaban J connectivity index is 0. The van der Waals surface area contributed by atoms with E-state index in [9.17, 15) is 0 Å². The molecule has 0 spiro atoms. The molecule has 7 radical (unpaired) electrons. The van der Waals surface area contributed by atoms with Gasteiger partial charge < -0.3 is 66.8 Å². The Morgan fingerprint density at radius 3 is 0.167 bits per heavy atom. The van der Waals surface area contributed by atoms with E-state index in [4.69, 9.17) is 0 Å². The quantitative estimate of drug-likeness (QED) is 0.293. The van der Waals surface area contributed by atoms with Crippen molar-refractivity contribution >= 4 is 0 Å². The van der Waals surface area contributed by atoms with E-state index in [2.05, 4.69) is 0 Å². The van der Waals surface area contributed by atoms with Crippen molar-refractivity contribution in [2.45, 2.75) is 14.9 Å². The molecule has 0 aromatic rings. The molecule has 0 aromatic carbocycles. The predicted molar refractivity (Wildman–Crippen MR) is 71.2 cm³/mol. The minimum Gasteiger partial charge on any atom is -0.358 e. The molecule has 0 aliphatic carbocycles. The van der Waals surface area contributed by atoms with Crippen molar-refractivity contribution in [3.63, 3.8) is 0 Å². The molecule has 109 valence electrons. The number of hydrogen-bond donors (Lipinski definition) is 0. The topological polar surface area (TPSA) is 0 Å². The van der Waals surface area contributed by atoms with Crippen LogP contribution < -0.4 is 0 Å². The van der Waals surface area contributed by atoms with Gasteiger partial charge in [0.25, 0.3) is 0 Å². The molecule has 7 heteroatoms. The van der Waals surface area contributed by atoms with Gasteiger partial charge in [-0.25, -0.2) is 0 Å². The second-order valence-electron chi connectivity index (χ2n) is 0. The van der Waals surface area contributed by atoms with E-state index in [0.717, 1.165) is 0 Å². The van der Waals surface area contributed by atoms with Crippen LogP contribution in [0.1, 0.15) is 14.9 Å². The van der Waals surface area contributed by atoms with E-state index in [-0.39, 0.29) is 311 Å². The van der Waals surface area contributed by atoms with E-state index in [1.165, 1.54) is 0 Å². The van der Waals surface area contributed by atoms with Crippen molar-refractivity contribution in [2.24, 2.45) is 0 Å². The second-order valence-corrected chi connectivity index (χ2v) is 0. The van der Waals surface area contributed by atoms with Gasteiger partial charge in [-0.3, -0.25) is 0 Å². The Morgan fingerprint density at radius 1 is 0.167 bits per heavy atom. The third-order valence-corrected chi connectivity index (χ3v) is 0. The first-order valence-corrected chi connectivity index (χ1v) is 0. The molecule has 0 nitrogen and oxygen atoms in total. The molecule has 0 heterocycles. The summed E-state index contributed by atoms with van der Waals surface area (Å²) in [4.78, 5) is 0. The summed E-state index contributed by atoms with van der Waals surface area (Å²) in [6.07, 6.45) is 0. The van der Waals surface area contributed by atoms with Crippen molar-refractivity contribution in [1.29, 1.82) is 0 Å². The van der Waals surface area contributed by atoms with Crippen LogP contribution in [0.15, 0.2) is 0 Å². The molecule has 0 unspecified atom stereocenters. The van der Waals surface area contributed by atoms with Gasteiger partial charge in [-0.2, -0.15) is 0 Å². The SMILES string of the molecule is C.C.[CH3-].[CH3-].[CH3-].[CH3-].[CH3-].[CH3-].[CH3-].[CH3-].[CH3-].[Y].[Y].[Y].[Y].[Y].[Y].[Y]. The summed E-state index contributed by atoms with van der Waals surface area (Å²) in [6, 6.07) is 0. The molecule has 0 aliphatic rings.